The van der Waals surface area contributed by atoms with Gasteiger partial charge in [0, 0.05) is 12.0 Å². The molecule has 0 spiro atoms. The normalized spacial score (nSPS) is 26.5. The van der Waals surface area contributed by atoms with Gasteiger partial charge in [0.25, 0.3) is 0 Å². The highest BCUT2D eigenvalue weighted by Crippen LogP contribution is 2.33. The van der Waals surface area contributed by atoms with Crippen LogP contribution in [0.3, 0.4) is 0 Å². The second kappa shape index (κ2) is 6.10. The topological polar surface area (TPSA) is 52.6 Å². The average Bonchev–Trinajstić information content (AvgIpc) is 2.59. The fourth-order valence-corrected chi connectivity index (χ4v) is 2.04. The van der Waals surface area contributed by atoms with Crippen LogP contribution in [0, 0.1) is 0 Å². The maximum Gasteiger partial charge on any atom is 0.164 e. The van der Waals surface area contributed by atoms with E-state index in [0.29, 0.717) is 12.0 Å². The van der Waals surface area contributed by atoms with Gasteiger partial charge in [0.15, 0.2) is 5.79 Å². The van der Waals surface area contributed by atoms with E-state index in [1.165, 1.54) is 0 Å². The van der Waals surface area contributed by atoms with Crippen molar-refractivity contribution in [3.05, 3.63) is 5.57 Å². The number of carbonyl (C=O) groups is 1. The van der Waals surface area contributed by atoms with Gasteiger partial charge in [-0.15, -0.1) is 0 Å². The van der Waals surface area contributed by atoms with Crippen LogP contribution < -0.4 is 0 Å². The van der Waals surface area contributed by atoms with Gasteiger partial charge in [0.1, 0.15) is 18.3 Å². The quantitative estimate of drug-likeness (QED) is 0.405. The summed E-state index contributed by atoms with van der Waals surface area (Å²) < 4.78 is 11.4. The molecule has 0 aliphatic carbocycles. The fraction of sp³-hybridized carbons (Fsp3) is 0.769. The van der Waals surface area contributed by atoms with Crippen molar-refractivity contribution in [2.45, 2.75) is 64.4 Å². The lowest BCUT2D eigenvalue weighted by Gasteiger charge is -2.16. The maximum absolute atomic E-state index is 10.7. The minimum Gasteiger partial charge on any atom is -0.344 e. The van der Waals surface area contributed by atoms with Crippen molar-refractivity contribution in [3.8, 4) is 0 Å². The smallest absolute Gasteiger partial charge is 0.164 e. The van der Waals surface area contributed by atoms with Gasteiger partial charge < -0.3 is 14.3 Å². The first kappa shape index (κ1) is 14.1. The predicted molar refractivity (Wildman–Crippen MR) is 63.2 cm³/mol. The molecule has 4 nitrogen and oxygen atoms in total. The van der Waals surface area contributed by atoms with Gasteiger partial charge in [-0.25, -0.2) is 4.79 Å². The second-order valence-electron chi connectivity index (χ2n) is 4.83. The first-order valence-electron chi connectivity index (χ1n) is 6.01. The van der Waals surface area contributed by atoms with Crippen LogP contribution in [-0.4, -0.2) is 30.2 Å². The Morgan fingerprint density at radius 2 is 2.06 bits per heavy atom. The number of hydrogen-bond acceptors (Lipinski definition) is 4. The Morgan fingerprint density at radius 1 is 1.35 bits per heavy atom. The molecule has 0 aromatic carbocycles. The summed E-state index contributed by atoms with van der Waals surface area (Å²) in [5.74, 6) is 1.23. The van der Waals surface area contributed by atoms with Crippen LogP contribution in [0.2, 0.25) is 0 Å². The van der Waals surface area contributed by atoms with Crippen LogP contribution in [0.5, 0.6) is 0 Å². The predicted octanol–water partition coefficient (Wildman–Crippen LogP) is 2.04. The summed E-state index contributed by atoms with van der Waals surface area (Å²) in [4.78, 5) is 20.9. The first-order valence-corrected chi connectivity index (χ1v) is 6.01. The Kier molecular flexibility index (Phi) is 5.06. The molecule has 1 heterocycles. The van der Waals surface area contributed by atoms with Crippen molar-refractivity contribution >= 4 is 12.2 Å². The molecule has 0 N–H and O–H groups in total. The van der Waals surface area contributed by atoms with Crippen LogP contribution in [0.15, 0.2) is 5.57 Å². The lowest BCUT2D eigenvalue weighted by atomic mass is 10.0. The van der Waals surface area contributed by atoms with Crippen molar-refractivity contribution in [1.82, 2.24) is 0 Å². The summed E-state index contributed by atoms with van der Waals surface area (Å²) in [6.45, 7) is 5.38. The number of carbonyl (C=O) groups excluding carboxylic acids is 2. The average molecular weight is 240 g/mol. The molecular weight excluding hydrogens is 220 g/mol. The van der Waals surface area contributed by atoms with Crippen molar-refractivity contribution in [1.29, 1.82) is 0 Å². The van der Waals surface area contributed by atoms with Crippen molar-refractivity contribution in [2.24, 2.45) is 0 Å². The van der Waals surface area contributed by atoms with Gasteiger partial charge in [-0.1, -0.05) is 6.42 Å². The van der Waals surface area contributed by atoms with E-state index >= 15 is 0 Å². The molecule has 0 aromatic rings. The van der Waals surface area contributed by atoms with Gasteiger partial charge in [-0.05, 0) is 33.6 Å². The number of rotatable bonds is 6. The third-order valence-electron chi connectivity index (χ3n) is 2.83. The summed E-state index contributed by atoms with van der Waals surface area (Å²) >= 11 is 0. The van der Waals surface area contributed by atoms with E-state index in [0.717, 1.165) is 25.5 Å². The van der Waals surface area contributed by atoms with E-state index in [-0.39, 0.29) is 12.2 Å². The number of unbranched alkanes of at least 4 members (excludes halogenated alkanes) is 2. The molecule has 4 heteroatoms. The molecule has 1 saturated heterocycles. The molecule has 0 saturated carbocycles. The lowest BCUT2D eigenvalue weighted by molar-refractivity contribution is -0.144. The zero-order valence-electron chi connectivity index (χ0n) is 10.7. The van der Waals surface area contributed by atoms with E-state index in [2.05, 4.69) is 0 Å². The first-order chi connectivity index (χ1) is 8.00. The highest BCUT2D eigenvalue weighted by atomic mass is 16.7. The number of hydrogen-bond donors (Lipinski definition) is 0. The monoisotopic (exact) mass is 240 g/mol. The van der Waals surface area contributed by atoms with E-state index in [9.17, 15) is 9.59 Å². The Hall–Kier alpha value is -0.960. The summed E-state index contributed by atoms with van der Waals surface area (Å²) in [6, 6.07) is 0. The summed E-state index contributed by atoms with van der Waals surface area (Å²) in [5.41, 5.74) is 0.538. The van der Waals surface area contributed by atoms with Crippen LogP contribution in [0.4, 0.5) is 0 Å². The largest absolute Gasteiger partial charge is 0.344 e. The molecule has 1 aliphatic rings. The van der Waals surface area contributed by atoms with Crippen molar-refractivity contribution in [2.75, 3.05) is 0 Å². The molecule has 0 radical (unpaired) electrons. The molecule has 1 aliphatic heterocycles. The minimum atomic E-state index is -0.655. The Labute approximate surface area is 102 Å². The van der Waals surface area contributed by atoms with Gasteiger partial charge in [0.05, 0.1) is 6.10 Å². The number of aldehydes is 1. The molecule has 96 valence electrons. The van der Waals surface area contributed by atoms with E-state index in [1.54, 1.807) is 6.92 Å². The maximum atomic E-state index is 10.7. The van der Waals surface area contributed by atoms with Gasteiger partial charge in [0.2, 0.25) is 0 Å². The third kappa shape index (κ3) is 4.08. The summed E-state index contributed by atoms with van der Waals surface area (Å²) in [7, 11) is 0. The highest BCUT2D eigenvalue weighted by Gasteiger charge is 2.41. The van der Waals surface area contributed by atoms with Crippen molar-refractivity contribution < 1.29 is 19.1 Å². The molecule has 0 aromatic heterocycles. The Bertz CT molecular complexity index is 315. The fourth-order valence-electron chi connectivity index (χ4n) is 2.04. The molecule has 2 atom stereocenters. The Balaban J connectivity index is 2.55. The molecule has 0 bridgehead atoms. The zero-order chi connectivity index (χ0) is 12.9. The summed E-state index contributed by atoms with van der Waals surface area (Å²) in [6.07, 6.45) is 3.61. The van der Waals surface area contributed by atoms with E-state index in [1.807, 2.05) is 19.8 Å². The molecule has 0 amide bonds. The van der Waals surface area contributed by atoms with E-state index in [4.69, 9.17) is 9.47 Å². The second-order valence-corrected chi connectivity index (χ2v) is 4.83. The van der Waals surface area contributed by atoms with E-state index < -0.39 is 5.79 Å². The molecule has 17 heavy (non-hydrogen) atoms. The third-order valence-corrected chi connectivity index (χ3v) is 2.83. The SMILES string of the molecule is CC(=C=O)C1OC(C)(C)OC1CCCCC=O. The highest BCUT2D eigenvalue weighted by molar-refractivity contribution is 5.53. The zero-order valence-corrected chi connectivity index (χ0v) is 10.7. The van der Waals surface area contributed by atoms with Crippen LogP contribution in [-0.2, 0) is 19.1 Å². The molecule has 1 rings (SSSR count). The van der Waals surface area contributed by atoms with Crippen LogP contribution in [0.1, 0.15) is 46.5 Å². The van der Waals surface area contributed by atoms with Crippen molar-refractivity contribution in [3.63, 3.8) is 0 Å². The molecular formula is C13H20O4. The lowest BCUT2D eigenvalue weighted by Crippen LogP contribution is -2.24. The van der Waals surface area contributed by atoms with Gasteiger partial charge >= 0.3 is 0 Å². The summed E-state index contributed by atoms with van der Waals surface area (Å²) in [5, 5.41) is 0. The minimum absolute atomic E-state index is 0.113. The standard InChI is InChI=1S/C13H20O4/c1-10(9-15)12-11(7-5-4-6-8-14)16-13(2,3)17-12/h8,11-12H,4-7H2,1-3H3. The molecule has 1 fully saturated rings. The molecule has 2 unspecified atom stereocenters. The number of ether oxygens (including phenoxy) is 2. The van der Waals surface area contributed by atoms with Crippen LogP contribution in [0.25, 0.3) is 0 Å². The Morgan fingerprint density at radius 3 is 2.65 bits per heavy atom. The van der Waals surface area contributed by atoms with Gasteiger partial charge in [-0.3, -0.25) is 0 Å². The van der Waals surface area contributed by atoms with Gasteiger partial charge in [-0.2, -0.15) is 0 Å². The van der Waals surface area contributed by atoms with Crippen LogP contribution >= 0.6 is 0 Å².